The summed E-state index contributed by atoms with van der Waals surface area (Å²) in [5.74, 6) is 0. The van der Waals surface area contributed by atoms with E-state index in [1.165, 1.54) is 12.1 Å². The van der Waals surface area contributed by atoms with E-state index in [9.17, 15) is 13.2 Å². The van der Waals surface area contributed by atoms with Crippen LogP contribution in [-0.2, 0) is 26.1 Å². The predicted octanol–water partition coefficient (Wildman–Crippen LogP) is 6.36. The molecule has 3 rings (SSSR count). The molecule has 2 heterocycles. The SMILES string of the molecule is CCc1ncc(Cl)c(Cc2cn(C)c3cc(C(F)(F)F)cc(C)c23)c1Cl. The van der Waals surface area contributed by atoms with Crippen LogP contribution in [0, 0.1) is 6.92 Å². The molecule has 0 aliphatic carbocycles. The number of nitrogens with zero attached hydrogens (tertiary/aromatic N) is 2. The van der Waals surface area contributed by atoms with Gasteiger partial charge in [0, 0.05) is 36.8 Å². The zero-order valence-corrected chi connectivity index (χ0v) is 16.0. The monoisotopic (exact) mass is 400 g/mol. The number of pyridine rings is 1. The van der Waals surface area contributed by atoms with Crippen LogP contribution in [0.25, 0.3) is 10.9 Å². The van der Waals surface area contributed by atoms with E-state index in [0.29, 0.717) is 34.0 Å². The number of hydrogen-bond donors (Lipinski definition) is 0. The van der Waals surface area contributed by atoms with Gasteiger partial charge in [0.05, 0.1) is 21.3 Å². The summed E-state index contributed by atoms with van der Waals surface area (Å²) < 4.78 is 41.1. The van der Waals surface area contributed by atoms with Gasteiger partial charge in [0.1, 0.15) is 0 Å². The third-order valence-electron chi connectivity index (χ3n) is 4.54. The second-order valence-electron chi connectivity index (χ2n) is 6.33. The summed E-state index contributed by atoms with van der Waals surface area (Å²) in [6.45, 7) is 3.64. The highest BCUT2D eigenvalue weighted by molar-refractivity contribution is 6.36. The standard InChI is InChI=1S/C19H17Cl2F3N2/c1-4-15-18(21)13(14(20)8-25-15)6-11-9-26(3)16-7-12(19(22,23)24)5-10(2)17(11)16/h5,7-9H,4,6H2,1-3H3. The Morgan fingerprint density at radius 2 is 1.88 bits per heavy atom. The van der Waals surface area contributed by atoms with Gasteiger partial charge >= 0.3 is 6.18 Å². The normalized spacial score (nSPS) is 12.2. The van der Waals surface area contributed by atoms with Gasteiger partial charge < -0.3 is 4.57 Å². The molecule has 3 aromatic rings. The number of benzene rings is 1. The lowest BCUT2D eigenvalue weighted by molar-refractivity contribution is -0.137. The molecule has 2 aromatic heterocycles. The summed E-state index contributed by atoms with van der Waals surface area (Å²) in [6, 6.07) is 2.36. The van der Waals surface area contributed by atoms with Crippen molar-refractivity contribution in [3.05, 3.63) is 62.5 Å². The van der Waals surface area contributed by atoms with Gasteiger partial charge in [-0.2, -0.15) is 13.2 Å². The largest absolute Gasteiger partial charge is 0.416 e. The molecule has 0 aliphatic heterocycles. The van der Waals surface area contributed by atoms with Gasteiger partial charge in [0.15, 0.2) is 0 Å². The average Bonchev–Trinajstić information content (AvgIpc) is 2.87. The van der Waals surface area contributed by atoms with Crippen LogP contribution in [0.2, 0.25) is 10.0 Å². The lowest BCUT2D eigenvalue weighted by Crippen LogP contribution is -2.05. The smallest absolute Gasteiger partial charge is 0.350 e. The molecule has 7 heteroatoms. The second-order valence-corrected chi connectivity index (χ2v) is 7.11. The number of hydrogen-bond acceptors (Lipinski definition) is 1. The molecular formula is C19H17Cl2F3N2. The maximum atomic E-state index is 13.1. The van der Waals surface area contributed by atoms with Crippen molar-refractivity contribution in [1.29, 1.82) is 0 Å². The second kappa shape index (κ2) is 6.78. The fraction of sp³-hybridized carbons (Fsp3) is 0.316. The molecule has 26 heavy (non-hydrogen) atoms. The minimum Gasteiger partial charge on any atom is -0.350 e. The van der Waals surface area contributed by atoms with Crippen LogP contribution in [0.1, 0.15) is 34.9 Å². The molecule has 0 atom stereocenters. The van der Waals surface area contributed by atoms with Crippen molar-refractivity contribution in [2.75, 3.05) is 0 Å². The molecular weight excluding hydrogens is 384 g/mol. The highest BCUT2D eigenvalue weighted by Crippen LogP contribution is 2.37. The van der Waals surface area contributed by atoms with E-state index < -0.39 is 11.7 Å². The topological polar surface area (TPSA) is 17.8 Å². The molecule has 138 valence electrons. The van der Waals surface area contributed by atoms with Crippen molar-refractivity contribution < 1.29 is 13.2 Å². The molecule has 2 nitrogen and oxygen atoms in total. The first-order chi connectivity index (χ1) is 12.1. The number of alkyl halides is 3. The van der Waals surface area contributed by atoms with E-state index in [0.717, 1.165) is 22.2 Å². The van der Waals surface area contributed by atoms with Crippen LogP contribution in [0.15, 0.2) is 24.5 Å². The van der Waals surface area contributed by atoms with Gasteiger partial charge in [-0.25, -0.2) is 0 Å². The lowest BCUT2D eigenvalue weighted by Gasteiger charge is -2.12. The van der Waals surface area contributed by atoms with Crippen LogP contribution in [0.5, 0.6) is 0 Å². The lowest BCUT2D eigenvalue weighted by atomic mass is 9.99. The van der Waals surface area contributed by atoms with E-state index in [-0.39, 0.29) is 0 Å². The third-order valence-corrected chi connectivity index (χ3v) is 5.31. The van der Waals surface area contributed by atoms with Crippen LogP contribution in [0.4, 0.5) is 13.2 Å². The molecule has 0 bridgehead atoms. The number of fused-ring (bicyclic) bond motifs is 1. The Labute approximate surface area is 159 Å². The first kappa shape index (κ1) is 19.1. The van der Waals surface area contributed by atoms with E-state index in [2.05, 4.69) is 4.98 Å². The average molecular weight is 401 g/mol. The third kappa shape index (κ3) is 3.30. The zero-order valence-electron chi connectivity index (χ0n) is 14.5. The van der Waals surface area contributed by atoms with Gasteiger partial charge in [-0.3, -0.25) is 4.98 Å². The Morgan fingerprint density at radius 1 is 1.19 bits per heavy atom. The Hall–Kier alpha value is -1.72. The van der Waals surface area contributed by atoms with Gasteiger partial charge in [-0.05, 0) is 42.2 Å². The summed E-state index contributed by atoms with van der Waals surface area (Å²) in [6.07, 6.45) is 0.123. The van der Waals surface area contributed by atoms with E-state index >= 15 is 0 Å². The van der Waals surface area contributed by atoms with Crippen LogP contribution in [0.3, 0.4) is 0 Å². The molecule has 0 saturated heterocycles. The number of aryl methyl sites for hydroxylation is 3. The first-order valence-electron chi connectivity index (χ1n) is 8.11. The molecule has 0 N–H and O–H groups in total. The van der Waals surface area contributed by atoms with Crippen molar-refractivity contribution in [3.63, 3.8) is 0 Å². The van der Waals surface area contributed by atoms with Gasteiger partial charge in [-0.1, -0.05) is 30.1 Å². The Morgan fingerprint density at radius 3 is 2.50 bits per heavy atom. The molecule has 0 radical (unpaired) electrons. The number of rotatable bonds is 3. The Balaban J connectivity index is 2.17. The number of halogens is 5. The van der Waals surface area contributed by atoms with Crippen molar-refractivity contribution >= 4 is 34.1 Å². The van der Waals surface area contributed by atoms with E-state index in [4.69, 9.17) is 23.2 Å². The van der Waals surface area contributed by atoms with Crippen LogP contribution < -0.4 is 0 Å². The molecule has 0 spiro atoms. The minimum absolute atomic E-state index is 0.427. The molecule has 0 fully saturated rings. The van der Waals surface area contributed by atoms with Crippen LogP contribution in [-0.4, -0.2) is 9.55 Å². The van der Waals surface area contributed by atoms with Crippen LogP contribution >= 0.6 is 23.2 Å². The fourth-order valence-corrected chi connectivity index (χ4v) is 3.89. The van der Waals surface area contributed by atoms with Gasteiger partial charge in [-0.15, -0.1) is 0 Å². The summed E-state index contributed by atoms with van der Waals surface area (Å²) in [4.78, 5) is 4.23. The molecule has 0 saturated carbocycles. The van der Waals surface area contributed by atoms with E-state index in [1.54, 1.807) is 24.7 Å². The Bertz CT molecular complexity index is 991. The molecule has 0 aliphatic rings. The molecule has 0 unspecified atom stereocenters. The van der Waals surface area contributed by atoms with Crippen molar-refractivity contribution in [2.45, 2.75) is 32.9 Å². The fourth-order valence-electron chi connectivity index (χ4n) is 3.28. The minimum atomic E-state index is -4.38. The summed E-state index contributed by atoms with van der Waals surface area (Å²) >= 11 is 12.7. The number of aromatic nitrogens is 2. The quantitative estimate of drug-likeness (QED) is 0.499. The molecule has 0 amide bonds. The van der Waals surface area contributed by atoms with Crippen molar-refractivity contribution in [1.82, 2.24) is 9.55 Å². The van der Waals surface area contributed by atoms with E-state index in [1.807, 2.05) is 13.1 Å². The summed E-state index contributed by atoms with van der Waals surface area (Å²) in [5.41, 5.74) is 2.83. The first-order valence-corrected chi connectivity index (χ1v) is 8.86. The predicted molar refractivity (Wildman–Crippen MR) is 99.1 cm³/mol. The Kier molecular flexibility index (Phi) is 4.97. The maximum absolute atomic E-state index is 13.1. The summed E-state index contributed by atoms with van der Waals surface area (Å²) in [7, 11) is 1.73. The van der Waals surface area contributed by atoms with Gasteiger partial charge in [0.2, 0.25) is 0 Å². The maximum Gasteiger partial charge on any atom is 0.416 e. The zero-order chi connectivity index (χ0) is 19.2. The van der Waals surface area contributed by atoms with Gasteiger partial charge in [0.25, 0.3) is 0 Å². The van der Waals surface area contributed by atoms with Crippen molar-refractivity contribution in [3.8, 4) is 0 Å². The summed E-state index contributed by atoms with van der Waals surface area (Å²) in [5, 5.41) is 1.76. The highest BCUT2D eigenvalue weighted by atomic mass is 35.5. The molecule has 1 aromatic carbocycles. The highest BCUT2D eigenvalue weighted by Gasteiger charge is 2.31. The van der Waals surface area contributed by atoms with Crippen molar-refractivity contribution in [2.24, 2.45) is 7.05 Å².